The van der Waals surface area contributed by atoms with Gasteiger partial charge in [0.25, 0.3) is 5.91 Å². The second-order valence-electron chi connectivity index (χ2n) is 6.44. The standard InChI is InChI=1S/C20H20ClF2N3O2/c1-12-15(21)5-2-6-18(12)25-20(24-11-14-4-3-9-28-14)26-19(27)13-7-8-16(22)17(23)10-13/h2,5-8,10,14H,3-4,9,11H2,1H3,(H2,24,25,26,27)/t14-/m1/s1. The third-order valence-corrected chi connectivity index (χ3v) is 4.82. The Balaban J connectivity index is 1.80. The van der Waals surface area contributed by atoms with E-state index in [1.54, 1.807) is 18.2 Å². The van der Waals surface area contributed by atoms with Crippen LogP contribution in [-0.4, -0.2) is 31.1 Å². The van der Waals surface area contributed by atoms with Crippen molar-refractivity contribution in [3.8, 4) is 0 Å². The molecule has 0 spiro atoms. The van der Waals surface area contributed by atoms with Gasteiger partial charge >= 0.3 is 0 Å². The van der Waals surface area contributed by atoms with Crippen molar-refractivity contribution in [1.82, 2.24) is 5.32 Å². The fourth-order valence-corrected chi connectivity index (χ4v) is 2.95. The van der Waals surface area contributed by atoms with Gasteiger partial charge in [0.15, 0.2) is 11.6 Å². The number of ether oxygens (including phenoxy) is 1. The molecule has 3 rings (SSSR count). The topological polar surface area (TPSA) is 62.7 Å². The summed E-state index contributed by atoms with van der Waals surface area (Å²) < 4.78 is 32.1. The number of benzene rings is 2. The minimum Gasteiger partial charge on any atom is -0.376 e. The van der Waals surface area contributed by atoms with Gasteiger partial charge in [-0.2, -0.15) is 0 Å². The Morgan fingerprint density at radius 2 is 2.11 bits per heavy atom. The number of nitrogens with one attached hydrogen (secondary N) is 2. The van der Waals surface area contributed by atoms with Crippen molar-refractivity contribution in [3.05, 3.63) is 64.2 Å². The van der Waals surface area contributed by atoms with Gasteiger partial charge in [0.2, 0.25) is 5.96 Å². The van der Waals surface area contributed by atoms with Crippen LogP contribution in [0.25, 0.3) is 0 Å². The van der Waals surface area contributed by atoms with Gasteiger partial charge in [0.05, 0.1) is 12.6 Å². The van der Waals surface area contributed by atoms with E-state index in [0.717, 1.165) is 30.5 Å². The quantitative estimate of drug-likeness (QED) is 0.586. The maximum Gasteiger partial charge on any atom is 0.258 e. The summed E-state index contributed by atoms with van der Waals surface area (Å²) in [5, 5.41) is 6.23. The Bertz CT molecular complexity index is 899. The van der Waals surface area contributed by atoms with E-state index < -0.39 is 17.5 Å². The van der Waals surface area contributed by atoms with E-state index in [2.05, 4.69) is 15.6 Å². The number of carbonyl (C=O) groups excluding carboxylic acids is 1. The first-order valence-electron chi connectivity index (χ1n) is 8.88. The van der Waals surface area contributed by atoms with Gasteiger partial charge < -0.3 is 10.1 Å². The Labute approximate surface area is 166 Å². The summed E-state index contributed by atoms with van der Waals surface area (Å²) in [6, 6.07) is 8.27. The molecule has 148 valence electrons. The van der Waals surface area contributed by atoms with Crippen LogP contribution in [0.4, 0.5) is 14.5 Å². The zero-order valence-electron chi connectivity index (χ0n) is 15.3. The van der Waals surface area contributed by atoms with E-state index in [0.29, 0.717) is 23.9 Å². The van der Waals surface area contributed by atoms with Gasteiger partial charge in [-0.1, -0.05) is 17.7 Å². The zero-order valence-corrected chi connectivity index (χ0v) is 16.0. The summed E-state index contributed by atoms with van der Waals surface area (Å²) in [7, 11) is 0. The Kier molecular flexibility index (Phi) is 6.59. The van der Waals surface area contributed by atoms with E-state index in [-0.39, 0.29) is 17.6 Å². The largest absolute Gasteiger partial charge is 0.376 e. The fourth-order valence-electron chi connectivity index (χ4n) is 2.78. The molecule has 0 bridgehead atoms. The molecule has 28 heavy (non-hydrogen) atoms. The van der Waals surface area contributed by atoms with Crippen molar-refractivity contribution < 1.29 is 18.3 Å². The molecule has 0 unspecified atom stereocenters. The molecule has 1 aliphatic heterocycles. The Morgan fingerprint density at radius 3 is 2.82 bits per heavy atom. The van der Waals surface area contributed by atoms with Crippen LogP contribution in [-0.2, 0) is 4.74 Å². The molecule has 2 aromatic carbocycles. The van der Waals surface area contributed by atoms with Crippen molar-refractivity contribution in [2.45, 2.75) is 25.9 Å². The first-order chi connectivity index (χ1) is 13.4. The van der Waals surface area contributed by atoms with Gasteiger partial charge in [-0.25, -0.2) is 13.8 Å². The van der Waals surface area contributed by atoms with Gasteiger partial charge in [-0.15, -0.1) is 0 Å². The van der Waals surface area contributed by atoms with Crippen LogP contribution >= 0.6 is 11.6 Å². The fraction of sp³-hybridized carbons (Fsp3) is 0.300. The molecule has 2 N–H and O–H groups in total. The smallest absolute Gasteiger partial charge is 0.258 e. The predicted octanol–water partition coefficient (Wildman–Crippen LogP) is 4.30. The molecule has 1 atom stereocenters. The SMILES string of the molecule is Cc1c(Cl)cccc1NC(=NC[C@H]1CCCO1)NC(=O)c1ccc(F)c(F)c1. The van der Waals surface area contributed by atoms with Crippen LogP contribution in [0.1, 0.15) is 28.8 Å². The molecule has 1 heterocycles. The van der Waals surface area contributed by atoms with E-state index in [1.165, 1.54) is 6.07 Å². The van der Waals surface area contributed by atoms with Gasteiger partial charge in [0.1, 0.15) is 0 Å². The minimum absolute atomic E-state index is 0.0163. The molecule has 1 aliphatic rings. The van der Waals surface area contributed by atoms with Crippen LogP contribution in [0.15, 0.2) is 41.4 Å². The minimum atomic E-state index is -1.09. The van der Waals surface area contributed by atoms with Crippen molar-refractivity contribution in [2.75, 3.05) is 18.5 Å². The number of hydrogen-bond acceptors (Lipinski definition) is 3. The van der Waals surface area contributed by atoms with Crippen LogP contribution in [0.2, 0.25) is 5.02 Å². The average molecular weight is 408 g/mol. The monoisotopic (exact) mass is 407 g/mol. The lowest BCUT2D eigenvalue weighted by Crippen LogP contribution is -2.37. The first kappa shape index (κ1) is 20.2. The number of rotatable bonds is 4. The van der Waals surface area contributed by atoms with Crippen molar-refractivity contribution in [2.24, 2.45) is 4.99 Å². The number of amides is 1. The molecule has 5 nitrogen and oxygen atoms in total. The van der Waals surface area contributed by atoms with Gasteiger partial charge in [-0.3, -0.25) is 10.1 Å². The lowest BCUT2D eigenvalue weighted by atomic mass is 10.2. The van der Waals surface area contributed by atoms with E-state index in [4.69, 9.17) is 16.3 Å². The summed E-state index contributed by atoms with van der Waals surface area (Å²) in [6.07, 6.45) is 1.85. The van der Waals surface area contributed by atoms with E-state index in [9.17, 15) is 13.6 Å². The molecular formula is C20H20ClF2N3O2. The zero-order chi connectivity index (χ0) is 20.1. The van der Waals surface area contributed by atoms with Crippen molar-refractivity contribution in [3.63, 3.8) is 0 Å². The molecule has 8 heteroatoms. The molecule has 0 radical (unpaired) electrons. The summed E-state index contributed by atoms with van der Waals surface area (Å²) in [5.41, 5.74) is 1.44. The summed E-state index contributed by atoms with van der Waals surface area (Å²) in [5.74, 6) is -2.55. The van der Waals surface area contributed by atoms with Crippen molar-refractivity contribution in [1.29, 1.82) is 0 Å². The highest BCUT2D eigenvalue weighted by Crippen LogP contribution is 2.23. The second kappa shape index (κ2) is 9.12. The second-order valence-corrected chi connectivity index (χ2v) is 6.85. The van der Waals surface area contributed by atoms with E-state index >= 15 is 0 Å². The van der Waals surface area contributed by atoms with Crippen LogP contribution < -0.4 is 10.6 Å². The number of aliphatic imine (C=N–C) groups is 1. The summed E-state index contributed by atoms with van der Waals surface area (Å²) in [6.45, 7) is 2.89. The van der Waals surface area contributed by atoms with Crippen LogP contribution in [0, 0.1) is 18.6 Å². The number of anilines is 1. The molecule has 1 saturated heterocycles. The normalized spacial score (nSPS) is 16.9. The Morgan fingerprint density at radius 1 is 1.29 bits per heavy atom. The van der Waals surface area contributed by atoms with Gasteiger partial charge in [-0.05, 0) is 55.7 Å². The van der Waals surface area contributed by atoms with Crippen molar-refractivity contribution >= 4 is 29.2 Å². The third kappa shape index (κ3) is 5.05. The third-order valence-electron chi connectivity index (χ3n) is 4.41. The molecule has 0 aromatic heterocycles. The summed E-state index contributed by atoms with van der Waals surface area (Å²) >= 11 is 6.15. The first-order valence-corrected chi connectivity index (χ1v) is 9.26. The highest BCUT2D eigenvalue weighted by atomic mass is 35.5. The lowest BCUT2D eigenvalue weighted by Gasteiger charge is -2.15. The molecule has 2 aromatic rings. The molecular weight excluding hydrogens is 388 g/mol. The molecule has 1 fully saturated rings. The number of nitrogens with zero attached hydrogens (tertiary/aromatic N) is 1. The van der Waals surface area contributed by atoms with Crippen LogP contribution in [0.5, 0.6) is 0 Å². The Hall–Kier alpha value is -2.51. The number of halogens is 3. The van der Waals surface area contributed by atoms with E-state index in [1.807, 2.05) is 6.92 Å². The molecule has 0 saturated carbocycles. The molecule has 0 aliphatic carbocycles. The van der Waals surface area contributed by atoms with Gasteiger partial charge in [0, 0.05) is 22.9 Å². The lowest BCUT2D eigenvalue weighted by molar-refractivity contribution is 0.0975. The number of guanidine groups is 1. The number of hydrogen-bond donors (Lipinski definition) is 2. The summed E-state index contributed by atoms with van der Waals surface area (Å²) in [4.78, 5) is 16.9. The maximum absolute atomic E-state index is 13.4. The number of carbonyl (C=O) groups is 1. The highest BCUT2D eigenvalue weighted by molar-refractivity contribution is 6.31. The van der Waals surface area contributed by atoms with Crippen LogP contribution in [0.3, 0.4) is 0 Å². The predicted molar refractivity (Wildman–Crippen MR) is 105 cm³/mol. The average Bonchev–Trinajstić information content (AvgIpc) is 3.19. The maximum atomic E-state index is 13.4. The molecule has 1 amide bonds. The highest BCUT2D eigenvalue weighted by Gasteiger charge is 2.17.